The number of ketones is 1. The predicted molar refractivity (Wildman–Crippen MR) is 78.2 cm³/mol. The van der Waals surface area contributed by atoms with Crippen molar-refractivity contribution in [3.05, 3.63) is 71.6 Å². The maximum atomic E-state index is 13.3. The van der Waals surface area contributed by atoms with Gasteiger partial charge in [-0.1, -0.05) is 18.2 Å². The zero-order valence-electron chi connectivity index (χ0n) is 12.1. The summed E-state index contributed by atoms with van der Waals surface area (Å²) in [5.41, 5.74) is 0.289. The lowest BCUT2D eigenvalue weighted by Crippen LogP contribution is -2.17. The van der Waals surface area contributed by atoms with Crippen LogP contribution in [0, 0.1) is 23.0 Å². The highest BCUT2D eigenvalue weighted by atomic mass is 19.1. The molecule has 1 unspecified atom stereocenters. The van der Waals surface area contributed by atoms with E-state index >= 15 is 0 Å². The molecule has 0 bridgehead atoms. The molecular formula is C16H9F2N5O. The molecule has 0 saturated heterocycles. The Labute approximate surface area is 135 Å². The minimum atomic E-state index is -1.40. The Morgan fingerprint density at radius 2 is 1.79 bits per heavy atom. The second kappa shape index (κ2) is 6.34. The number of nitrogens with zero attached hydrogens (tertiary/aromatic N) is 5. The second-order valence-corrected chi connectivity index (χ2v) is 4.87. The molecule has 1 aromatic heterocycles. The van der Waals surface area contributed by atoms with Gasteiger partial charge in [-0.3, -0.25) is 4.79 Å². The number of aromatic nitrogens is 4. The van der Waals surface area contributed by atoms with Gasteiger partial charge in [0.1, 0.15) is 11.6 Å². The zero-order chi connectivity index (χ0) is 17.1. The van der Waals surface area contributed by atoms with Gasteiger partial charge in [-0.25, -0.2) is 8.78 Å². The van der Waals surface area contributed by atoms with Gasteiger partial charge in [0.05, 0.1) is 11.8 Å². The van der Waals surface area contributed by atoms with Gasteiger partial charge in [-0.15, -0.1) is 5.10 Å². The van der Waals surface area contributed by atoms with Crippen molar-refractivity contribution in [3.8, 4) is 11.8 Å². The van der Waals surface area contributed by atoms with Crippen molar-refractivity contribution in [3.63, 3.8) is 0 Å². The maximum Gasteiger partial charge on any atom is 0.188 e. The monoisotopic (exact) mass is 325 g/mol. The van der Waals surface area contributed by atoms with E-state index in [-0.39, 0.29) is 11.4 Å². The molecule has 0 aliphatic carbocycles. The molecule has 24 heavy (non-hydrogen) atoms. The SMILES string of the molecule is N#CC(C(=O)c1cc(F)cc(F)c1)c1nnnn1-c1ccccc1. The summed E-state index contributed by atoms with van der Waals surface area (Å²) in [6.07, 6.45) is 0. The zero-order valence-corrected chi connectivity index (χ0v) is 12.1. The summed E-state index contributed by atoms with van der Waals surface area (Å²) in [5.74, 6) is -4.03. The quantitative estimate of drug-likeness (QED) is 0.688. The fraction of sp³-hybridized carbons (Fsp3) is 0.0625. The van der Waals surface area contributed by atoms with Gasteiger partial charge in [0.15, 0.2) is 17.5 Å². The van der Waals surface area contributed by atoms with E-state index in [0.717, 1.165) is 12.1 Å². The Balaban J connectivity index is 2.03. The van der Waals surface area contributed by atoms with E-state index in [1.54, 1.807) is 36.4 Å². The van der Waals surface area contributed by atoms with Crippen molar-refractivity contribution >= 4 is 5.78 Å². The number of para-hydroxylation sites is 1. The van der Waals surface area contributed by atoms with E-state index in [2.05, 4.69) is 15.5 Å². The Bertz CT molecular complexity index is 913. The molecule has 8 heteroatoms. The van der Waals surface area contributed by atoms with Crippen molar-refractivity contribution < 1.29 is 13.6 Å². The molecule has 118 valence electrons. The van der Waals surface area contributed by atoms with E-state index in [9.17, 15) is 18.8 Å². The van der Waals surface area contributed by atoms with Gasteiger partial charge >= 0.3 is 0 Å². The van der Waals surface area contributed by atoms with Crippen molar-refractivity contribution in [2.24, 2.45) is 0 Å². The molecule has 6 nitrogen and oxygen atoms in total. The summed E-state index contributed by atoms with van der Waals surface area (Å²) in [6.45, 7) is 0. The molecule has 3 aromatic rings. The van der Waals surface area contributed by atoms with Crippen LogP contribution in [0.1, 0.15) is 22.1 Å². The molecule has 0 amide bonds. The van der Waals surface area contributed by atoms with Crippen LogP contribution in [-0.2, 0) is 0 Å². The first-order valence-corrected chi connectivity index (χ1v) is 6.84. The number of hydrogen-bond acceptors (Lipinski definition) is 5. The maximum absolute atomic E-state index is 13.3. The number of carbonyl (C=O) groups excluding carboxylic acids is 1. The minimum Gasteiger partial charge on any atom is -0.292 e. The lowest BCUT2D eigenvalue weighted by molar-refractivity contribution is 0.0974. The molecule has 0 radical (unpaired) electrons. The molecule has 0 fully saturated rings. The van der Waals surface area contributed by atoms with Gasteiger partial charge < -0.3 is 0 Å². The van der Waals surface area contributed by atoms with Crippen LogP contribution in [0.5, 0.6) is 0 Å². The fourth-order valence-electron chi connectivity index (χ4n) is 2.22. The van der Waals surface area contributed by atoms with Crippen molar-refractivity contribution in [2.75, 3.05) is 0 Å². The van der Waals surface area contributed by atoms with E-state index < -0.39 is 23.3 Å². The first kappa shape index (κ1) is 15.4. The fourth-order valence-corrected chi connectivity index (χ4v) is 2.22. The van der Waals surface area contributed by atoms with Crippen molar-refractivity contribution in [1.82, 2.24) is 20.2 Å². The largest absolute Gasteiger partial charge is 0.292 e. The first-order chi connectivity index (χ1) is 11.6. The van der Waals surface area contributed by atoms with E-state index in [4.69, 9.17) is 0 Å². The second-order valence-electron chi connectivity index (χ2n) is 4.87. The van der Waals surface area contributed by atoms with E-state index in [0.29, 0.717) is 11.8 Å². The minimum absolute atomic E-state index is 0.0293. The van der Waals surface area contributed by atoms with Crippen LogP contribution in [-0.4, -0.2) is 26.0 Å². The summed E-state index contributed by atoms with van der Waals surface area (Å²) in [7, 11) is 0. The molecule has 1 atom stereocenters. The van der Waals surface area contributed by atoms with Crippen LogP contribution in [0.25, 0.3) is 5.69 Å². The smallest absolute Gasteiger partial charge is 0.188 e. The number of tetrazole rings is 1. The molecular weight excluding hydrogens is 316 g/mol. The summed E-state index contributed by atoms with van der Waals surface area (Å²) in [5, 5.41) is 20.4. The molecule has 0 spiro atoms. The first-order valence-electron chi connectivity index (χ1n) is 6.84. The van der Waals surface area contributed by atoms with E-state index in [1.807, 2.05) is 0 Å². The van der Waals surface area contributed by atoms with E-state index in [1.165, 1.54) is 4.68 Å². The van der Waals surface area contributed by atoms with Crippen LogP contribution >= 0.6 is 0 Å². The number of benzene rings is 2. The van der Waals surface area contributed by atoms with Crippen LogP contribution in [0.15, 0.2) is 48.5 Å². The number of hydrogen-bond donors (Lipinski definition) is 0. The van der Waals surface area contributed by atoms with Crippen LogP contribution < -0.4 is 0 Å². The molecule has 0 aliphatic heterocycles. The third-order valence-corrected chi connectivity index (χ3v) is 3.29. The van der Waals surface area contributed by atoms with Gasteiger partial charge in [-0.2, -0.15) is 9.94 Å². The lowest BCUT2D eigenvalue weighted by Gasteiger charge is -2.09. The highest BCUT2D eigenvalue weighted by Crippen LogP contribution is 2.21. The van der Waals surface area contributed by atoms with Gasteiger partial charge in [-0.05, 0) is 34.7 Å². The molecule has 0 saturated carbocycles. The standard InChI is InChI=1S/C16H9F2N5O/c17-11-6-10(7-12(18)8-11)15(24)14(9-19)16-20-21-22-23(16)13-4-2-1-3-5-13/h1-8,14H. The Morgan fingerprint density at radius 3 is 2.42 bits per heavy atom. The number of nitriles is 1. The highest BCUT2D eigenvalue weighted by molar-refractivity contribution is 6.02. The molecule has 3 rings (SSSR count). The average Bonchev–Trinajstić information content (AvgIpc) is 3.05. The molecule has 0 aliphatic rings. The number of rotatable bonds is 4. The molecule has 0 N–H and O–H groups in total. The Morgan fingerprint density at radius 1 is 1.12 bits per heavy atom. The van der Waals surface area contributed by atoms with Crippen molar-refractivity contribution in [1.29, 1.82) is 5.26 Å². The van der Waals surface area contributed by atoms with Crippen LogP contribution in [0.4, 0.5) is 8.78 Å². The summed E-state index contributed by atoms with van der Waals surface area (Å²) in [4.78, 5) is 12.5. The average molecular weight is 325 g/mol. The van der Waals surface area contributed by atoms with Gasteiger partial charge in [0.25, 0.3) is 0 Å². The number of halogens is 2. The predicted octanol–water partition coefficient (Wildman–Crippen LogP) is 2.43. The van der Waals surface area contributed by atoms with Gasteiger partial charge in [0, 0.05) is 11.6 Å². The molecule has 1 heterocycles. The number of carbonyl (C=O) groups is 1. The third-order valence-electron chi connectivity index (χ3n) is 3.29. The summed E-state index contributed by atoms with van der Waals surface area (Å²) >= 11 is 0. The van der Waals surface area contributed by atoms with Gasteiger partial charge in [0.2, 0.25) is 0 Å². The Hall–Kier alpha value is -3.47. The molecule has 2 aromatic carbocycles. The topological polar surface area (TPSA) is 84.5 Å². The lowest BCUT2D eigenvalue weighted by atomic mass is 9.98. The summed E-state index contributed by atoms with van der Waals surface area (Å²) in [6, 6.07) is 12.8. The van der Waals surface area contributed by atoms with Crippen LogP contribution in [0.2, 0.25) is 0 Å². The third kappa shape index (κ3) is 2.87. The highest BCUT2D eigenvalue weighted by Gasteiger charge is 2.28. The Kier molecular flexibility index (Phi) is 4.07. The van der Waals surface area contributed by atoms with Crippen molar-refractivity contribution in [2.45, 2.75) is 5.92 Å². The normalized spacial score (nSPS) is 11.7. The number of Topliss-reactive ketones (excluding diaryl/α,β-unsaturated/α-hetero) is 1. The summed E-state index contributed by atoms with van der Waals surface area (Å²) < 4.78 is 27.9. The van der Waals surface area contributed by atoms with Crippen LogP contribution in [0.3, 0.4) is 0 Å².